The molecule has 3 N–H and O–H groups in total. The van der Waals surface area contributed by atoms with Gasteiger partial charge in [0.2, 0.25) is 5.91 Å². The Morgan fingerprint density at radius 3 is 2.58 bits per heavy atom. The number of nitrogens with one attached hydrogen (secondary N) is 1. The Morgan fingerprint density at radius 2 is 1.83 bits per heavy atom. The molecule has 2 aromatic carbocycles. The van der Waals surface area contributed by atoms with Crippen LogP contribution < -0.4 is 11.1 Å². The molecule has 2 aliphatic carbocycles. The molecular weight excluding hydrogens is 320 g/mol. The molecule has 5 atom stereocenters. The van der Waals surface area contributed by atoms with Crippen LogP contribution in [-0.4, -0.2) is 11.9 Å². The predicted octanol–water partition coefficient (Wildman–Crippen LogP) is 3.81. The van der Waals surface area contributed by atoms with Gasteiger partial charge in [0.25, 0.3) is 0 Å². The number of benzene rings is 2. The van der Waals surface area contributed by atoms with E-state index in [4.69, 9.17) is 5.73 Å². The fourth-order valence-electron chi connectivity index (χ4n) is 4.74. The molecule has 1 amide bonds. The number of halogens is 1. The van der Waals surface area contributed by atoms with Crippen molar-refractivity contribution in [2.24, 2.45) is 23.5 Å². The standard InChI is InChI=1S/C20H24N2O.ClH/c1-12(16-8-4-6-13-5-2-3-7-17(13)16)22-20(23)18-14-9-10-15(11-14)19(18)21;/h2-8,12,14-15,18-19H,9-11,21H2,1H3,(H,22,23);1H. The van der Waals surface area contributed by atoms with Crippen molar-refractivity contribution in [2.75, 3.05) is 0 Å². The Bertz CT molecular complexity index is 740. The van der Waals surface area contributed by atoms with Crippen molar-refractivity contribution in [2.45, 2.75) is 38.3 Å². The summed E-state index contributed by atoms with van der Waals surface area (Å²) in [5.74, 6) is 1.20. The lowest BCUT2D eigenvalue weighted by Gasteiger charge is -2.28. The second-order valence-electron chi connectivity index (χ2n) is 7.23. The van der Waals surface area contributed by atoms with Crippen LogP contribution in [0.25, 0.3) is 10.8 Å². The van der Waals surface area contributed by atoms with Gasteiger partial charge in [-0.25, -0.2) is 0 Å². The van der Waals surface area contributed by atoms with Crippen LogP contribution in [0.1, 0.15) is 37.8 Å². The number of amides is 1. The molecule has 24 heavy (non-hydrogen) atoms. The zero-order valence-electron chi connectivity index (χ0n) is 13.9. The predicted molar refractivity (Wildman–Crippen MR) is 100 cm³/mol. The number of hydrogen-bond donors (Lipinski definition) is 2. The van der Waals surface area contributed by atoms with E-state index in [2.05, 4.69) is 42.6 Å². The number of carbonyl (C=O) groups is 1. The van der Waals surface area contributed by atoms with Crippen LogP contribution in [0.2, 0.25) is 0 Å². The van der Waals surface area contributed by atoms with Crippen LogP contribution >= 0.6 is 12.4 Å². The van der Waals surface area contributed by atoms with Crippen molar-refractivity contribution in [1.29, 1.82) is 0 Å². The summed E-state index contributed by atoms with van der Waals surface area (Å²) in [4.78, 5) is 12.8. The Kier molecular flexibility index (Phi) is 4.84. The molecule has 2 saturated carbocycles. The van der Waals surface area contributed by atoms with Gasteiger partial charge in [0.05, 0.1) is 12.0 Å². The summed E-state index contributed by atoms with van der Waals surface area (Å²) in [6.07, 6.45) is 3.51. The molecule has 0 aliphatic heterocycles. The molecule has 0 radical (unpaired) electrons. The normalized spacial score (nSPS) is 29.2. The second kappa shape index (κ2) is 6.73. The first kappa shape index (κ1) is 17.2. The molecule has 0 saturated heterocycles. The third-order valence-electron chi connectivity index (χ3n) is 5.93. The highest BCUT2D eigenvalue weighted by Crippen LogP contribution is 2.47. The number of hydrogen-bond acceptors (Lipinski definition) is 2. The van der Waals surface area contributed by atoms with Crippen molar-refractivity contribution in [1.82, 2.24) is 5.32 Å². The SMILES string of the molecule is CC(NC(=O)C1C2CCC(C2)C1N)c1cccc2ccccc12.Cl. The summed E-state index contributed by atoms with van der Waals surface area (Å²) in [5, 5.41) is 5.65. The van der Waals surface area contributed by atoms with E-state index in [-0.39, 0.29) is 36.3 Å². The van der Waals surface area contributed by atoms with E-state index in [0.29, 0.717) is 11.8 Å². The fraction of sp³-hybridized carbons (Fsp3) is 0.450. The molecule has 2 bridgehead atoms. The van der Waals surface area contributed by atoms with Crippen molar-refractivity contribution >= 4 is 29.1 Å². The summed E-state index contributed by atoms with van der Waals surface area (Å²) in [6, 6.07) is 14.6. The fourth-order valence-corrected chi connectivity index (χ4v) is 4.74. The highest BCUT2D eigenvalue weighted by Gasteiger charge is 2.49. The molecule has 3 nitrogen and oxygen atoms in total. The number of carbonyl (C=O) groups excluding carboxylic acids is 1. The minimum atomic E-state index is -0.0000680. The maximum atomic E-state index is 12.8. The van der Waals surface area contributed by atoms with Crippen molar-refractivity contribution < 1.29 is 4.79 Å². The topological polar surface area (TPSA) is 55.1 Å². The quantitative estimate of drug-likeness (QED) is 0.889. The van der Waals surface area contributed by atoms with Crippen LogP contribution in [0.4, 0.5) is 0 Å². The molecule has 2 fully saturated rings. The lowest BCUT2D eigenvalue weighted by atomic mass is 9.84. The first-order valence-electron chi connectivity index (χ1n) is 8.69. The Balaban J connectivity index is 0.00000169. The molecule has 4 heteroatoms. The van der Waals surface area contributed by atoms with Gasteiger partial charge >= 0.3 is 0 Å². The molecule has 0 spiro atoms. The molecule has 128 valence electrons. The summed E-state index contributed by atoms with van der Waals surface area (Å²) in [5.41, 5.74) is 7.48. The monoisotopic (exact) mass is 344 g/mol. The van der Waals surface area contributed by atoms with E-state index in [1.54, 1.807) is 0 Å². The van der Waals surface area contributed by atoms with Crippen LogP contribution in [-0.2, 0) is 4.79 Å². The number of rotatable bonds is 3. The average Bonchev–Trinajstić information content (AvgIpc) is 3.15. The van der Waals surface area contributed by atoms with Gasteiger partial charge in [-0.1, -0.05) is 42.5 Å². The molecule has 5 unspecified atom stereocenters. The van der Waals surface area contributed by atoms with Gasteiger partial charge < -0.3 is 11.1 Å². The van der Waals surface area contributed by atoms with E-state index < -0.39 is 0 Å². The van der Waals surface area contributed by atoms with E-state index in [9.17, 15) is 4.79 Å². The summed E-state index contributed by atoms with van der Waals surface area (Å²) < 4.78 is 0. The highest BCUT2D eigenvalue weighted by atomic mass is 35.5. The van der Waals surface area contributed by atoms with E-state index in [1.807, 2.05) is 12.1 Å². The van der Waals surface area contributed by atoms with E-state index in [0.717, 1.165) is 6.42 Å². The molecule has 2 aliphatic rings. The minimum Gasteiger partial charge on any atom is -0.349 e. The van der Waals surface area contributed by atoms with Gasteiger partial charge in [-0.3, -0.25) is 4.79 Å². The zero-order valence-corrected chi connectivity index (χ0v) is 14.8. The maximum absolute atomic E-state index is 12.8. The zero-order chi connectivity index (χ0) is 16.0. The molecule has 0 heterocycles. The van der Waals surface area contributed by atoms with E-state index in [1.165, 1.54) is 29.2 Å². The molecule has 0 aromatic heterocycles. The van der Waals surface area contributed by atoms with Gasteiger partial charge in [0, 0.05) is 6.04 Å². The highest BCUT2D eigenvalue weighted by molar-refractivity contribution is 5.87. The smallest absolute Gasteiger partial charge is 0.225 e. The summed E-state index contributed by atoms with van der Waals surface area (Å²) >= 11 is 0. The van der Waals surface area contributed by atoms with Gasteiger partial charge in [0.15, 0.2) is 0 Å². The summed E-state index contributed by atoms with van der Waals surface area (Å²) in [6.45, 7) is 2.07. The van der Waals surface area contributed by atoms with Gasteiger partial charge in [-0.05, 0) is 54.4 Å². The van der Waals surface area contributed by atoms with Crippen LogP contribution in [0.3, 0.4) is 0 Å². The van der Waals surface area contributed by atoms with Crippen LogP contribution in [0, 0.1) is 17.8 Å². The van der Waals surface area contributed by atoms with Crippen molar-refractivity contribution in [3.8, 4) is 0 Å². The summed E-state index contributed by atoms with van der Waals surface area (Å²) in [7, 11) is 0. The third kappa shape index (κ3) is 2.80. The Labute approximate surface area is 149 Å². The van der Waals surface area contributed by atoms with Gasteiger partial charge in [-0.15, -0.1) is 12.4 Å². The molecular formula is C20H25ClN2O. The van der Waals surface area contributed by atoms with Crippen molar-refractivity contribution in [3.05, 3.63) is 48.0 Å². The Morgan fingerprint density at radius 1 is 1.12 bits per heavy atom. The minimum absolute atomic E-state index is 0. The number of fused-ring (bicyclic) bond motifs is 3. The lowest BCUT2D eigenvalue weighted by molar-refractivity contribution is -0.127. The largest absolute Gasteiger partial charge is 0.349 e. The molecule has 4 rings (SSSR count). The van der Waals surface area contributed by atoms with E-state index >= 15 is 0 Å². The third-order valence-corrected chi connectivity index (χ3v) is 5.93. The average molecular weight is 345 g/mol. The lowest BCUT2D eigenvalue weighted by Crippen LogP contribution is -2.45. The first-order valence-corrected chi connectivity index (χ1v) is 8.69. The van der Waals surface area contributed by atoms with Crippen molar-refractivity contribution in [3.63, 3.8) is 0 Å². The Hall–Kier alpha value is -1.58. The molecule has 2 aromatic rings. The second-order valence-corrected chi connectivity index (χ2v) is 7.23. The van der Waals surface area contributed by atoms with Crippen LogP contribution in [0.5, 0.6) is 0 Å². The number of nitrogens with two attached hydrogens (primary N) is 1. The van der Waals surface area contributed by atoms with Gasteiger partial charge in [0.1, 0.15) is 0 Å². The maximum Gasteiger partial charge on any atom is 0.225 e. The van der Waals surface area contributed by atoms with Crippen LogP contribution in [0.15, 0.2) is 42.5 Å². The van der Waals surface area contributed by atoms with Gasteiger partial charge in [-0.2, -0.15) is 0 Å². The first-order chi connectivity index (χ1) is 11.1.